The van der Waals surface area contributed by atoms with Crippen molar-refractivity contribution in [1.82, 2.24) is 0 Å². The predicted octanol–water partition coefficient (Wildman–Crippen LogP) is -2.68. The van der Waals surface area contributed by atoms with Crippen molar-refractivity contribution in [3.8, 4) is 0 Å². The number of carbonyl (C=O) groups excluding carboxylic acids is 7. The van der Waals surface area contributed by atoms with E-state index in [9.17, 15) is 33.6 Å². The molecule has 0 bridgehead atoms. The molecule has 17 nitrogen and oxygen atoms in total. The van der Waals surface area contributed by atoms with Crippen LogP contribution in [0.3, 0.4) is 0 Å². The fourth-order valence-corrected chi connectivity index (χ4v) is 4.52. The predicted molar refractivity (Wildman–Crippen MR) is 118 cm³/mol. The van der Waals surface area contributed by atoms with Crippen LogP contribution in [0.2, 0.25) is 0 Å². The first kappa shape index (κ1) is 62.9. The van der Waals surface area contributed by atoms with Gasteiger partial charge in [-0.15, -0.1) is 0 Å². The molecule has 7 radical (unpaired) electrons. The van der Waals surface area contributed by atoms with E-state index in [1.165, 1.54) is 38.8 Å². The number of rotatable bonds is 20. The molecule has 2 rings (SSSR count). The van der Waals surface area contributed by atoms with Gasteiger partial charge in [-0.2, -0.15) is 0 Å². The monoisotopic (exact) mass is 1190 g/mol. The van der Waals surface area contributed by atoms with Crippen molar-refractivity contribution in [3.05, 3.63) is 0 Å². The summed E-state index contributed by atoms with van der Waals surface area (Å²) < 4.78 is 51.5. The van der Waals surface area contributed by atoms with Gasteiger partial charge in [-0.1, -0.05) is 45.3 Å². The van der Waals surface area contributed by atoms with Gasteiger partial charge in [0, 0.05) is 235 Å². The molecule has 0 N–H and O–H groups in total. The largest absolute Gasteiger partial charge is 0.652 e. The molecule has 0 aromatic heterocycles. The molecule has 0 spiro atoms. The van der Waals surface area contributed by atoms with Gasteiger partial charge < -0.3 is 80.9 Å². The Bertz CT molecular complexity index is 865. The smallest absolute Gasteiger partial charge is 0.195 e. The van der Waals surface area contributed by atoms with Crippen LogP contribution in [0, 0.1) is 5.92 Å². The molecule has 2 fully saturated rings. The number of hydrogen-bond donors (Lipinski definition) is 0. The van der Waals surface area contributed by atoms with E-state index in [2.05, 4.69) is 4.74 Å². The summed E-state index contributed by atoms with van der Waals surface area (Å²) in [5, 5.41) is 0. The van der Waals surface area contributed by atoms with Crippen molar-refractivity contribution in [1.29, 1.82) is 0 Å². The average molecular weight is 1190 g/mol. The van der Waals surface area contributed by atoms with Crippen molar-refractivity contribution >= 4 is 45.3 Å². The first-order valence-corrected chi connectivity index (χ1v) is 11.5. The molecule has 245 valence electrons. The molecule has 1 aliphatic heterocycles. The maximum Gasteiger partial charge on any atom is 0.195 e. The van der Waals surface area contributed by atoms with E-state index in [0.29, 0.717) is 0 Å². The van der Waals surface area contributed by atoms with Crippen LogP contribution < -0.4 is 0 Å². The summed E-state index contributed by atoms with van der Waals surface area (Å²) in [7, 11) is 0. The van der Waals surface area contributed by atoms with Gasteiger partial charge >= 0.3 is 0 Å². The summed E-state index contributed by atoms with van der Waals surface area (Å²) in [6.45, 7) is 10.5. The van der Waals surface area contributed by atoms with Crippen molar-refractivity contribution < 1.29 is 310 Å². The van der Waals surface area contributed by atoms with E-state index < -0.39 is 80.4 Å². The molecule has 0 aromatic rings. The molecule has 24 heteroatoms. The van der Waals surface area contributed by atoms with E-state index in [1.54, 1.807) is 13.8 Å². The average Bonchev–Trinajstić information content (AvgIpc) is 2.92. The van der Waals surface area contributed by atoms with Crippen LogP contribution in [-0.4, -0.2) is 120 Å². The van der Waals surface area contributed by atoms with E-state index in [-0.39, 0.29) is 235 Å². The molecule has 1 aliphatic carbocycles. The van der Waals surface area contributed by atoms with Crippen molar-refractivity contribution in [2.75, 3.05) is 13.2 Å². The maximum absolute atomic E-state index is 11.3. The molecule has 2 aliphatic rings. The summed E-state index contributed by atoms with van der Waals surface area (Å²) in [5.41, 5.74) is 0. The zero-order chi connectivity index (χ0) is 29.5. The molecule has 10 atom stereocenters. The van der Waals surface area contributed by atoms with Gasteiger partial charge in [-0.25, -0.2) is 0 Å². The summed E-state index contributed by atoms with van der Waals surface area (Å²) in [4.78, 5) is 77.4. The van der Waals surface area contributed by atoms with Crippen molar-refractivity contribution in [2.45, 2.75) is 81.5 Å². The van der Waals surface area contributed by atoms with Crippen LogP contribution in [-0.2, 0) is 310 Å². The Hall–Kier alpha value is 3.90. The Morgan fingerprint density at radius 1 is 0.553 bits per heavy atom. The Kier molecular flexibility index (Phi) is 49.3. The molecule has 1 unspecified atom stereocenters. The minimum Gasteiger partial charge on any atom is -0.652 e. The van der Waals surface area contributed by atoms with Crippen LogP contribution in [0.25, 0.3) is 0 Å². The zero-order valence-corrected chi connectivity index (χ0v) is 44.8. The van der Waals surface area contributed by atoms with E-state index in [1.807, 2.05) is 0 Å². The van der Waals surface area contributed by atoms with Gasteiger partial charge in [0.1, 0.15) is 42.7 Å². The zero-order valence-electron chi connectivity index (χ0n) is 25.0. The topological polar surface area (TPSA) is 212 Å². The van der Waals surface area contributed by atoms with Gasteiger partial charge in [0.2, 0.25) is 0 Å². The summed E-state index contributed by atoms with van der Waals surface area (Å²) in [6.07, 6.45) is -13.8. The quantitative estimate of drug-likeness (QED) is 0.0899. The normalized spacial score (nSPS) is 28.4. The second kappa shape index (κ2) is 36.9. The molecule has 1 saturated carbocycles. The van der Waals surface area contributed by atoms with Gasteiger partial charge in [-0.3, -0.25) is 0 Å². The van der Waals surface area contributed by atoms with Gasteiger partial charge in [0.05, 0.1) is 25.4 Å². The molecular weight excluding hydrogens is 1170 g/mol. The Labute approximate surface area is 447 Å². The fraction of sp³-hybridized carbons (Fsp3) is 0.696. The number of hydrogen-bond acceptors (Lipinski definition) is 17. The Morgan fingerprint density at radius 2 is 0.979 bits per heavy atom. The molecule has 0 aromatic carbocycles. The van der Waals surface area contributed by atoms with Crippen LogP contribution in [0.5, 0.6) is 0 Å². The third-order valence-electron chi connectivity index (χ3n) is 5.93. The van der Waals surface area contributed by atoms with Gasteiger partial charge in [0.15, 0.2) is 6.29 Å². The van der Waals surface area contributed by atoms with Crippen LogP contribution in [0.1, 0.15) is 20.3 Å². The third-order valence-corrected chi connectivity index (χ3v) is 5.93. The first-order valence-electron chi connectivity index (χ1n) is 11.5. The van der Waals surface area contributed by atoms with E-state index in [0.717, 1.165) is 6.47 Å². The molecule has 47 heavy (non-hydrogen) atoms. The van der Waals surface area contributed by atoms with Crippen LogP contribution in [0.4, 0.5) is 0 Å². The fourth-order valence-electron chi connectivity index (χ4n) is 4.52. The third kappa shape index (κ3) is 20.4. The van der Waals surface area contributed by atoms with Gasteiger partial charge in [-0.05, 0) is 20.3 Å². The Balaban J connectivity index is -0.000000600. The summed E-state index contributed by atoms with van der Waals surface area (Å²) >= 11 is 0. The standard InChI is InChI=1S/C23H23O17.7Y/c1-13(2)38-23-22(37-12-30)21(36-11-29)19(16(40-23)5-32-7-25)39-15-3-14(4-31-6-24)17(33-8-26)20(35-10-28)18(15)34-9-27;;;;;;;/h13-23H,3-5H2,1-2H3;;;;;;;/q-7;;;;;;;/t14-,15-,16-,17+,18+,19-,20+,21+,22-,23?;;;;;;;/m1......./s1. The minimum absolute atomic E-state index is 0. The van der Waals surface area contributed by atoms with Gasteiger partial charge in [0.25, 0.3) is 0 Å². The molecular formula is C23H23O17Y7-7. The van der Waals surface area contributed by atoms with Crippen LogP contribution >= 0.6 is 0 Å². The van der Waals surface area contributed by atoms with E-state index in [4.69, 9.17) is 42.6 Å². The number of ether oxygens (including phenoxy) is 10. The van der Waals surface area contributed by atoms with Crippen molar-refractivity contribution in [3.63, 3.8) is 0 Å². The molecule has 1 saturated heterocycles. The van der Waals surface area contributed by atoms with Crippen LogP contribution in [0.15, 0.2) is 0 Å². The van der Waals surface area contributed by atoms with Crippen molar-refractivity contribution in [2.24, 2.45) is 5.92 Å². The molecule has 1 heterocycles. The second-order valence-electron chi connectivity index (χ2n) is 8.48. The Morgan fingerprint density at radius 3 is 1.45 bits per heavy atom. The minimum atomic E-state index is -1.59. The first-order chi connectivity index (χ1) is 19.4. The molecule has 0 amide bonds. The second-order valence-corrected chi connectivity index (χ2v) is 8.48. The summed E-state index contributed by atoms with van der Waals surface area (Å²) in [6, 6.07) is 0. The maximum atomic E-state index is 11.3. The van der Waals surface area contributed by atoms with E-state index >= 15 is 0 Å². The summed E-state index contributed by atoms with van der Waals surface area (Å²) in [5.74, 6) is -0.968. The SMILES string of the molecule is CC(C)OC1O[C@H](CO[C-]=O)[C@@H](O[C@@H]2C[C@H](CO[C-]=O)[C@H](O[C-]=O)[C@H](O[C-]=O)[C@H]2O[C-]=O)[C@H](O[C-]=O)[C@H]1O[C-]=O.[Y].[Y].[Y].[Y].[Y].[Y].[Y].